The molecule has 1 fully saturated rings. The molecular weight excluding hydrogens is 336 g/mol. The van der Waals surface area contributed by atoms with E-state index < -0.39 is 0 Å². The summed E-state index contributed by atoms with van der Waals surface area (Å²) in [7, 11) is 0. The summed E-state index contributed by atoms with van der Waals surface area (Å²) in [5.74, 6) is 1.13. The van der Waals surface area contributed by atoms with E-state index >= 15 is 0 Å². The van der Waals surface area contributed by atoms with E-state index in [1.165, 1.54) is 17.7 Å². The molecular formula is C22H30N4O. The molecule has 1 unspecified atom stereocenters. The number of rotatable bonds is 5. The summed E-state index contributed by atoms with van der Waals surface area (Å²) in [6.07, 6.45) is 2.31. The number of aromatic hydroxyl groups is 1. The van der Waals surface area contributed by atoms with Crippen molar-refractivity contribution in [2.45, 2.75) is 39.3 Å². The second-order valence-corrected chi connectivity index (χ2v) is 7.13. The molecule has 0 spiro atoms. The third kappa shape index (κ3) is 5.64. The van der Waals surface area contributed by atoms with Gasteiger partial charge in [0.05, 0.1) is 6.54 Å². The fourth-order valence-corrected chi connectivity index (χ4v) is 3.37. The Morgan fingerprint density at radius 2 is 1.89 bits per heavy atom. The Hall–Kier alpha value is -2.69. The summed E-state index contributed by atoms with van der Waals surface area (Å²) in [5, 5.41) is 16.3. The summed E-state index contributed by atoms with van der Waals surface area (Å²) in [5.41, 5.74) is 3.66. The van der Waals surface area contributed by atoms with Gasteiger partial charge in [-0.1, -0.05) is 29.8 Å². The average Bonchev–Trinajstić information content (AvgIpc) is 2.68. The van der Waals surface area contributed by atoms with Gasteiger partial charge in [0.1, 0.15) is 5.75 Å². The third-order valence-electron chi connectivity index (χ3n) is 4.86. The first-order valence-corrected chi connectivity index (χ1v) is 9.78. The van der Waals surface area contributed by atoms with Crippen LogP contribution in [0.4, 0.5) is 5.69 Å². The van der Waals surface area contributed by atoms with Crippen LogP contribution in [-0.4, -0.2) is 36.7 Å². The number of aliphatic imine (C=N–C) groups is 1. The van der Waals surface area contributed by atoms with Crippen molar-refractivity contribution in [1.29, 1.82) is 0 Å². The van der Waals surface area contributed by atoms with Crippen LogP contribution in [0.5, 0.6) is 5.75 Å². The van der Waals surface area contributed by atoms with E-state index in [4.69, 9.17) is 4.99 Å². The molecule has 3 N–H and O–H groups in total. The van der Waals surface area contributed by atoms with Crippen LogP contribution in [0.25, 0.3) is 0 Å². The van der Waals surface area contributed by atoms with Gasteiger partial charge in [0.2, 0.25) is 0 Å². The fraction of sp³-hybridized carbons (Fsp3) is 0.409. The number of guanidine groups is 1. The number of hydrogen-bond acceptors (Lipinski definition) is 3. The molecule has 3 rings (SSSR count). The number of aryl methyl sites for hydroxylation is 1. The van der Waals surface area contributed by atoms with Crippen LogP contribution in [0, 0.1) is 6.92 Å². The van der Waals surface area contributed by atoms with E-state index in [-0.39, 0.29) is 5.75 Å². The summed E-state index contributed by atoms with van der Waals surface area (Å²) >= 11 is 0. The molecule has 5 nitrogen and oxygen atoms in total. The zero-order chi connectivity index (χ0) is 19.1. The molecule has 0 aromatic heterocycles. The maximum absolute atomic E-state index is 9.40. The molecule has 1 saturated heterocycles. The summed E-state index contributed by atoms with van der Waals surface area (Å²) < 4.78 is 0. The number of hydrogen-bond donors (Lipinski definition) is 3. The number of phenolic OH excluding ortho intramolecular Hbond substituents is 1. The summed E-state index contributed by atoms with van der Waals surface area (Å²) in [4.78, 5) is 7.16. The van der Waals surface area contributed by atoms with Crippen LogP contribution in [-0.2, 0) is 6.54 Å². The van der Waals surface area contributed by atoms with Gasteiger partial charge in [0.15, 0.2) is 5.96 Å². The predicted molar refractivity (Wildman–Crippen MR) is 112 cm³/mol. The zero-order valence-electron chi connectivity index (χ0n) is 16.3. The van der Waals surface area contributed by atoms with Crippen LogP contribution >= 0.6 is 0 Å². The van der Waals surface area contributed by atoms with E-state index in [0.717, 1.165) is 37.6 Å². The van der Waals surface area contributed by atoms with Crippen molar-refractivity contribution in [3.05, 3.63) is 59.7 Å². The first kappa shape index (κ1) is 19.1. The number of nitrogens with one attached hydrogen (secondary N) is 2. The van der Waals surface area contributed by atoms with Crippen molar-refractivity contribution in [2.24, 2.45) is 4.99 Å². The van der Waals surface area contributed by atoms with Gasteiger partial charge in [-0.25, -0.2) is 4.99 Å². The maximum Gasteiger partial charge on any atom is 0.191 e. The number of benzene rings is 2. The van der Waals surface area contributed by atoms with Gasteiger partial charge < -0.3 is 20.6 Å². The number of nitrogens with zero attached hydrogens (tertiary/aromatic N) is 2. The molecule has 144 valence electrons. The van der Waals surface area contributed by atoms with Gasteiger partial charge in [0.25, 0.3) is 0 Å². The van der Waals surface area contributed by atoms with Gasteiger partial charge in [-0.15, -0.1) is 0 Å². The minimum absolute atomic E-state index is 0.283. The highest BCUT2D eigenvalue weighted by molar-refractivity contribution is 5.80. The Morgan fingerprint density at radius 3 is 2.59 bits per heavy atom. The van der Waals surface area contributed by atoms with Crippen molar-refractivity contribution in [3.63, 3.8) is 0 Å². The standard InChI is InChI=1S/C22H30N4O/c1-3-23-22(24-15-18-8-12-21(27)13-9-18)25-19-5-4-14-26(16-19)20-10-6-17(2)7-11-20/h6-13,19,27H,3-5,14-16H2,1-2H3,(H2,23,24,25). The minimum atomic E-state index is 0.283. The van der Waals surface area contributed by atoms with Crippen LogP contribution < -0.4 is 15.5 Å². The third-order valence-corrected chi connectivity index (χ3v) is 4.86. The van der Waals surface area contributed by atoms with Crippen molar-refractivity contribution in [1.82, 2.24) is 10.6 Å². The molecule has 27 heavy (non-hydrogen) atoms. The molecule has 0 bridgehead atoms. The van der Waals surface area contributed by atoms with Crippen LogP contribution in [0.3, 0.4) is 0 Å². The lowest BCUT2D eigenvalue weighted by Gasteiger charge is -2.35. The normalized spacial score (nSPS) is 17.6. The smallest absolute Gasteiger partial charge is 0.191 e. The van der Waals surface area contributed by atoms with Gasteiger partial charge in [-0.2, -0.15) is 0 Å². The molecule has 0 amide bonds. The van der Waals surface area contributed by atoms with Crippen molar-refractivity contribution in [2.75, 3.05) is 24.5 Å². The monoisotopic (exact) mass is 366 g/mol. The largest absolute Gasteiger partial charge is 0.508 e. The lowest BCUT2D eigenvalue weighted by molar-refractivity contribution is 0.468. The quantitative estimate of drug-likeness (QED) is 0.560. The second kappa shape index (κ2) is 9.31. The molecule has 0 radical (unpaired) electrons. The second-order valence-electron chi connectivity index (χ2n) is 7.13. The van der Waals surface area contributed by atoms with E-state index in [1.807, 2.05) is 12.1 Å². The Bertz CT molecular complexity index is 740. The fourth-order valence-electron chi connectivity index (χ4n) is 3.37. The number of phenols is 1. The number of anilines is 1. The van der Waals surface area contributed by atoms with Gasteiger partial charge in [0, 0.05) is 31.4 Å². The van der Waals surface area contributed by atoms with E-state index in [9.17, 15) is 5.11 Å². The highest BCUT2D eigenvalue weighted by Crippen LogP contribution is 2.20. The Balaban J connectivity index is 1.61. The van der Waals surface area contributed by atoms with E-state index in [2.05, 4.69) is 53.6 Å². The van der Waals surface area contributed by atoms with Gasteiger partial charge in [-0.3, -0.25) is 0 Å². The van der Waals surface area contributed by atoms with E-state index in [0.29, 0.717) is 12.6 Å². The SMILES string of the molecule is CCNC(=NCc1ccc(O)cc1)NC1CCCN(c2ccc(C)cc2)C1. The Labute approximate surface area is 162 Å². The van der Waals surface area contributed by atoms with Crippen LogP contribution in [0.2, 0.25) is 0 Å². The average molecular weight is 367 g/mol. The number of piperidine rings is 1. The molecule has 1 atom stereocenters. The van der Waals surface area contributed by atoms with Crippen molar-refractivity contribution >= 4 is 11.6 Å². The minimum Gasteiger partial charge on any atom is -0.508 e. The molecule has 1 heterocycles. The Morgan fingerprint density at radius 1 is 1.15 bits per heavy atom. The first-order chi connectivity index (χ1) is 13.1. The lowest BCUT2D eigenvalue weighted by Crippen LogP contribution is -2.51. The maximum atomic E-state index is 9.40. The highest BCUT2D eigenvalue weighted by Gasteiger charge is 2.21. The van der Waals surface area contributed by atoms with Gasteiger partial charge in [-0.05, 0) is 56.5 Å². The Kier molecular flexibility index (Phi) is 6.58. The predicted octanol–water partition coefficient (Wildman–Crippen LogP) is 3.42. The van der Waals surface area contributed by atoms with Crippen LogP contribution in [0.1, 0.15) is 30.9 Å². The summed E-state index contributed by atoms with van der Waals surface area (Å²) in [6.45, 7) is 7.70. The molecule has 2 aromatic rings. The molecule has 0 aliphatic carbocycles. The molecule has 0 saturated carbocycles. The van der Waals surface area contributed by atoms with Crippen molar-refractivity contribution in [3.8, 4) is 5.75 Å². The topological polar surface area (TPSA) is 59.9 Å². The van der Waals surface area contributed by atoms with Crippen molar-refractivity contribution < 1.29 is 5.11 Å². The highest BCUT2D eigenvalue weighted by atomic mass is 16.3. The lowest BCUT2D eigenvalue weighted by atomic mass is 10.0. The molecule has 1 aliphatic rings. The van der Waals surface area contributed by atoms with Gasteiger partial charge >= 0.3 is 0 Å². The van der Waals surface area contributed by atoms with E-state index in [1.54, 1.807) is 12.1 Å². The first-order valence-electron chi connectivity index (χ1n) is 9.78. The molecule has 5 heteroatoms. The van der Waals surface area contributed by atoms with Crippen LogP contribution in [0.15, 0.2) is 53.5 Å². The zero-order valence-corrected chi connectivity index (χ0v) is 16.3. The molecule has 2 aromatic carbocycles. The molecule has 1 aliphatic heterocycles. The summed E-state index contributed by atoms with van der Waals surface area (Å²) in [6, 6.07) is 16.4.